The molecule has 0 aliphatic rings. The Morgan fingerprint density at radius 1 is 1.50 bits per heavy atom. The first-order chi connectivity index (χ1) is 1.91. The molecule has 0 saturated carbocycles. The van der Waals surface area contributed by atoms with E-state index in [9.17, 15) is 5.11 Å². The Bertz CT molecular complexity index is 10.8. The average Bonchev–Trinajstić information content (AvgIpc) is 1.37. The van der Waals surface area contributed by atoms with Crippen molar-refractivity contribution in [2.24, 2.45) is 0 Å². The smallest absolute Gasteiger partial charge is 0.870 e. The van der Waals surface area contributed by atoms with Crippen LogP contribution in [0.2, 0.25) is 0 Å². The Labute approximate surface area is 57.0 Å². The van der Waals surface area contributed by atoms with Gasteiger partial charge in [0.05, 0.1) is 0 Å². The Kier molecular flexibility index (Phi) is 45.0. The van der Waals surface area contributed by atoms with E-state index in [0.29, 0.717) is 0 Å². The summed E-state index contributed by atoms with van der Waals surface area (Å²) >= 11 is 0. The monoisotopic (exact) mass is 166 g/mol. The standard InChI is InChI=1S/C3H7O.H2O.Zr/c1-2-3-4;;/h2-3H2,1H3;1H2;/q-1;;+2/p-1. The van der Waals surface area contributed by atoms with E-state index in [1.165, 1.54) is 0 Å². The summed E-state index contributed by atoms with van der Waals surface area (Å²) in [6.45, 7) is 1.94. The average molecular weight is 167 g/mol. The topological polar surface area (TPSA) is 53.1 Å². The van der Waals surface area contributed by atoms with Crippen LogP contribution < -0.4 is 5.11 Å². The molecule has 0 heterocycles. The molecule has 0 atom stereocenters. The van der Waals surface area contributed by atoms with Crippen LogP contribution in [-0.4, -0.2) is 12.1 Å². The summed E-state index contributed by atoms with van der Waals surface area (Å²) in [5.41, 5.74) is 0. The molecule has 0 aromatic heterocycles. The van der Waals surface area contributed by atoms with Gasteiger partial charge >= 0.3 is 26.2 Å². The van der Waals surface area contributed by atoms with Gasteiger partial charge < -0.3 is 10.6 Å². The molecular formula is C3H8O2Zr. The molecule has 0 aliphatic carbocycles. The van der Waals surface area contributed by atoms with E-state index < -0.39 is 0 Å². The van der Waals surface area contributed by atoms with Gasteiger partial charge in [0.25, 0.3) is 0 Å². The molecule has 0 aliphatic heterocycles. The predicted molar refractivity (Wildman–Crippen MR) is 17.1 cm³/mol. The van der Waals surface area contributed by atoms with Crippen LogP contribution in [0.3, 0.4) is 0 Å². The second-order valence-corrected chi connectivity index (χ2v) is 0.704. The van der Waals surface area contributed by atoms with E-state index in [1.54, 1.807) is 0 Å². The fourth-order valence-electron chi connectivity index (χ4n) is 0. The van der Waals surface area contributed by atoms with Gasteiger partial charge in [-0.05, 0) is 0 Å². The van der Waals surface area contributed by atoms with Crippen LogP contribution in [0.15, 0.2) is 0 Å². The Morgan fingerprint density at radius 3 is 1.67 bits per heavy atom. The summed E-state index contributed by atoms with van der Waals surface area (Å²) in [4.78, 5) is 0. The predicted octanol–water partition coefficient (Wildman–Crippen LogP) is -0.423. The summed E-state index contributed by atoms with van der Waals surface area (Å²) in [6.07, 6.45) is 0.764. The minimum atomic E-state index is 0. The molecule has 0 radical (unpaired) electrons. The van der Waals surface area contributed by atoms with Crippen LogP contribution in [0.1, 0.15) is 13.3 Å². The Morgan fingerprint density at radius 2 is 1.67 bits per heavy atom. The first-order valence-corrected chi connectivity index (χ1v) is 1.50. The molecule has 6 heavy (non-hydrogen) atoms. The molecule has 2 nitrogen and oxygen atoms in total. The molecule has 0 bridgehead atoms. The van der Waals surface area contributed by atoms with Crippen molar-refractivity contribution in [3.63, 3.8) is 0 Å². The fraction of sp³-hybridized carbons (Fsp3) is 1.00. The van der Waals surface area contributed by atoms with E-state index in [4.69, 9.17) is 0 Å². The van der Waals surface area contributed by atoms with Crippen LogP contribution in [0, 0.1) is 0 Å². The zero-order valence-corrected chi connectivity index (χ0v) is 6.23. The van der Waals surface area contributed by atoms with E-state index in [1.807, 2.05) is 6.92 Å². The summed E-state index contributed by atoms with van der Waals surface area (Å²) < 4.78 is 0. The van der Waals surface area contributed by atoms with Crippen molar-refractivity contribution in [3.8, 4) is 0 Å². The molecular weight excluding hydrogens is 159 g/mol. The first kappa shape index (κ1) is 15.8. The minimum Gasteiger partial charge on any atom is -0.870 e. The molecule has 36 valence electrons. The maximum absolute atomic E-state index is 9.30. The van der Waals surface area contributed by atoms with Crippen LogP contribution in [0.4, 0.5) is 0 Å². The summed E-state index contributed by atoms with van der Waals surface area (Å²) in [5.74, 6) is 0. The van der Waals surface area contributed by atoms with Crippen molar-refractivity contribution in [1.82, 2.24) is 0 Å². The summed E-state index contributed by atoms with van der Waals surface area (Å²) in [6, 6.07) is 0. The van der Waals surface area contributed by atoms with Gasteiger partial charge in [0.1, 0.15) is 0 Å². The third-order valence-corrected chi connectivity index (χ3v) is 0.204. The van der Waals surface area contributed by atoms with Crippen molar-refractivity contribution >= 4 is 0 Å². The van der Waals surface area contributed by atoms with Crippen LogP contribution in [0.5, 0.6) is 0 Å². The molecule has 0 unspecified atom stereocenters. The van der Waals surface area contributed by atoms with E-state index in [2.05, 4.69) is 0 Å². The van der Waals surface area contributed by atoms with Crippen LogP contribution in [0.25, 0.3) is 0 Å². The molecule has 0 amide bonds. The van der Waals surface area contributed by atoms with Gasteiger partial charge in [-0.15, -0.1) is 6.61 Å². The van der Waals surface area contributed by atoms with Gasteiger partial charge in [-0.2, -0.15) is 0 Å². The van der Waals surface area contributed by atoms with Crippen molar-refractivity contribution < 1.29 is 36.8 Å². The van der Waals surface area contributed by atoms with Gasteiger partial charge in [-0.3, -0.25) is 0 Å². The Balaban J connectivity index is -0.0000000450. The first-order valence-electron chi connectivity index (χ1n) is 1.50. The van der Waals surface area contributed by atoms with E-state index >= 15 is 0 Å². The Hall–Kier alpha value is 0.803. The van der Waals surface area contributed by atoms with E-state index in [0.717, 1.165) is 6.42 Å². The van der Waals surface area contributed by atoms with Gasteiger partial charge in [0.2, 0.25) is 0 Å². The maximum atomic E-state index is 9.30. The molecule has 0 saturated heterocycles. The number of hydrogen-bond acceptors (Lipinski definition) is 2. The molecule has 1 N–H and O–H groups in total. The molecule has 0 aromatic rings. The molecule has 3 heteroatoms. The third-order valence-electron chi connectivity index (χ3n) is 0.204. The summed E-state index contributed by atoms with van der Waals surface area (Å²) in [5, 5.41) is 9.30. The number of hydrogen-bond donors (Lipinski definition) is 0. The van der Waals surface area contributed by atoms with Gasteiger partial charge in [0, 0.05) is 0 Å². The van der Waals surface area contributed by atoms with Crippen LogP contribution in [-0.2, 0) is 26.2 Å². The van der Waals surface area contributed by atoms with E-state index in [-0.39, 0.29) is 38.3 Å². The second-order valence-electron chi connectivity index (χ2n) is 0.704. The second kappa shape index (κ2) is 17.0. The van der Waals surface area contributed by atoms with Crippen molar-refractivity contribution in [1.29, 1.82) is 0 Å². The van der Waals surface area contributed by atoms with Crippen molar-refractivity contribution in [2.45, 2.75) is 13.3 Å². The molecule has 0 spiro atoms. The van der Waals surface area contributed by atoms with Gasteiger partial charge in [0.15, 0.2) is 0 Å². The van der Waals surface area contributed by atoms with Gasteiger partial charge in [-0.25, -0.2) is 0 Å². The minimum absolute atomic E-state index is 0. The zero-order valence-electron chi connectivity index (χ0n) is 3.77. The number of rotatable bonds is 1. The van der Waals surface area contributed by atoms with Crippen molar-refractivity contribution in [3.05, 3.63) is 0 Å². The normalized spacial score (nSPS) is 5.00. The summed E-state index contributed by atoms with van der Waals surface area (Å²) in [7, 11) is 0. The van der Waals surface area contributed by atoms with Crippen LogP contribution >= 0.6 is 0 Å². The molecule has 0 fully saturated rings. The third kappa shape index (κ3) is 21.4. The maximum Gasteiger partial charge on any atom is 2.00 e. The van der Waals surface area contributed by atoms with Gasteiger partial charge in [-0.1, -0.05) is 13.3 Å². The molecule has 0 rings (SSSR count). The fourth-order valence-corrected chi connectivity index (χ4v) is 0. The zero-order chi connectivity index (χ0) is 3.41. The molecule has 0 aromatic carbocycles. The largest absolute Gasteiger partial charge is 2.00 e. The quantitative estimate of drug-likeness (QED) is 0.532. The van der Waals surface area contributed by atoms with Crippen molar-refractivity contribution in [2.75, 3.05) is 6.61 Å². The SMILES string of the molecule is CCC[O-].[OH-].[Zr+2].